The number of anilines is 1. The van der Waals surface area contributed by atoms with Crippen LogP contribution in [0.5, 0.6) is 0 Å². The molecule has 1 aliphatic heterocycles. The number of nitrogens with one attached hydrogen (secondary N) is 1. The van der Waals surface area contributed by atoms with E-state index in [1.807, 2.05) is 24.3 Å². The van der Waals surface area contributed by atoms with Crippen molar-refractivity contribution < 1.29 is 14.3 Å². The lowest BCUT2D eigenvalue weighted by atomic mass is 9.73. The average Bonchev–Trinajstić information content (AvgIpc) is 2.68. The van der Waals surface area contributed by atoms with Crippen molar-refractivity contribution in [2.45, 2.75) is 18.3 Å². The largest absolute Gasteiger partial charge is 0.381 e. The first-order valence-corrected chi connectivity index (χ1v) is 9.69. The first kappa shape index (κ1) is 19.6. The highest BCUT2D eigenvalue weighted by Gasteiger charge is 2.41. The van der Waals surface area contributed by atoms with Crippen LogP contribution >= 0.6 is 15.9 Å². The van der Waals surface area contributed by atoms with Gasteiger partial charge in [0, 0.05) is 43.0 Å². The highest BCUT2D eigenvalue weighted by molar-refractivity contribution is 9.10. The number of hydrogen-bond donors (Lipinski definition) is 1. The van der Waals surface area contributed by atoms with Crippen LogP contribution in [0.2, 0.25) is 0 Å². The van der Waals surface area contributed by atoms with Crippen molar-refractivity contribution in [1.82, 2.24) is 4.90 Å². The minimum absolute atomic E-state index is 0.0671. The van der Waals surface area contributed by atoms with Crippen LogP contribution in [0.3, 0.4) is 0 Å². The summed E-state index contributed by atoms with van der Waals surface area (Å²) < 4.78 is 6.48. The van der Waals surface area contributed by atoms with E-state index in [1.54, 1.807) is 38.4 Å². The van der Waals surface area contributed by atoms with Gasteiger partial charge in [-0.1, -0.05) is 34.1 Å². The second-order valence-corrected chi connectivity index (χ2v) is 7.85. The monoisotopic (exact) mass is 430 g/mol. The average molecular weight is 431 g/mol. The fraction of sp³-hybridized carbons (Fsp3) is 0.333. The molecule has 0 spiro atoms. The number of nitrogens with zero attached hydrogens (tertiary/aromatic N) is 1. The third kappa shape index (κ3) is 4.22. The van der Waals surface area contributed by atoms with E-state index in [0.717, 1.165) is 10.0 Å². The zero-order valence-corrected chi connectivity index (χ0v) is 17.1. The first-order chi connectivity index (χ1) is 12.9. The normalized spacial score (nSPS) is 15.8. The van der Waals surface area contributed by atoms with Crippen LogP contribution in [-0.4, -0.2) is 44.0 Å². The summed E-state index contributed by atoms with van der Waals surface area (Å²) in [5.41, 5.74) is 1.51. The van der Waals surface area contributed by atoms with Crippen LogP contribution in [0.25, 0.3) is 0 Å². The lowest BCUT2D eigenvalue weighted by Crippen LogP contribution is -2.44. The van der Waals surface area contributed by atoms with Crippen LogP contribution in [0, 0.1) is 0 Å². The summed E-state index contributed by atoms with van der Waals surface area (Å²) in [4.78, 5) is 27.0. The molecule has 3 rings (SSSR count). The van der Waals surface area contributed by atoms with Gasteiger partial charge in [0.2, 0.25) is 5.91 Å². The van der Waals surface area contributed by atoms with Crippen LogP contribution in [0.15, 0.2) is 53.0 Å². The molecule has 0 saturated carbocycles. The van der Waals surface area contributed by atoms with Gasteiger partial charge in [-0.2, -0.15) is 0 Å². The Morgan fingerprint density at radius 3 is 2.37 bits per heavy atom. The molecule has 0 unspecified atom stereocenters. The van der Waals surface area contributed by atoms with Gasteiger partial charge in [0.1, 0.15) is 0 Å². The Kier molecular flexibility index (Phi) is 5.97. The van der Waals surface area contributed by atoms with Gasteiger partial charge in [0.25, 0.3) is 5.91 Å². The van der Waals surface area contributed by atoms with Gasteiger partial charge in [-0.05, 0) is 48.7 Å². The lowest BCUT2D eigenvalue weighted by molar-refractivity contribution is -0.125. The molecule has 0 aromatic heterocycles. The number of carbonyl (C=O) groups is 2. The maximum atomic E-state index is 13.3. The lowest BCUT2D eigenvalue weighted by Gasteiger charge is -2.36. The molecular formula is C21H23BrN2O3. The Balaban J connectivity index is 1.89. The Morgan fingerprint density at radius 1 is 1.07 bits per heavy atom. The molecule has 1 heterocycles. The summed E-state index contributed by atoms with van der Waals surface area (Å²) in [5.74, 6) is -0.164. The van der Waals surface area contributed by atoms with E-state index in [-0.39, 0.29) is 11.8 Å². The molecule has 5 nitrogen and oxygen atoms in total. The van der Waals surface area contributed by atoms with Crippen LogP contribution in [0.4, 0.5) is 5.69 Å². The number of amides is 2. The van der Waals surface area contributed by atoms with Crippen molar-refractivity contribution in [3.8, 4) is 0 Å². The molecule has 2 aromatic carbocycles. The molecule has 1 saturated heterocycles. The summed E-state index contributed by atoms with van der Waals surface area (Å²) in [7, 11) is 3.41. The molecule has 27 heavy (non-hydrogen) atoms. The maximum absolute atomic E-state index is 13.3. The molecule has 1 N–H and O–H groups in total. The van der Waals surface area contributed by atoms with Gasteiger partial charge in [-0.3, -0.25) is 9.59 Å². The van der Waals surface area contributed by atoms with Gasteiger partial charge >= 0.3 is 0 Å². The van der Waals surface area contributed by atoms with Crippen molar-refractivity contribution in [1.29, 1.82) is 0 Å². The molecule has 0 atom stereocenters. The third-order valence-electron chi connectivity index (χ3n) is 4.95. The second-order valence-electron chi connectivity index (χ2n) is 6.94. The standard InChI is InChI=1S/C21H23BrN2O3/c1-24(2)19(25)15-4-3-5-18(14-15)23-20(26)21(10-12-27-13-11-21)16-6-8-17(22)9-7-16/h3-9,14H,10-13H2,1-2H3,(H,23,26). The highest BCUT2D eigenvalue weighted by Crippen LogP contribution is 2.36. The van der Waals surface area contributed by atoms with Crippen molar-refractivity contribution in [3.05, 3.63) is 64.1 Å². The van der Waals surface area contributed by atoms with Gasteiger partial charge in [0.15, 0.2) is 0 Å². The fourth-order valence-corrected chi connectivity index (χ4v) is 3.64. The smallest absolute Gasteiger partial charge is 0.253 e. The molecule has 0 bridgehead atoms. The first-order valence-electron chi connectivity index (χ1n) is 8.89. The minimum Gasteiger partial charge on any atom is -0.381 e. The zero-order valence-electron chi connectivity index (χ0n) is 15.5. The van der Waals surface area contributed by atoms with Crippen LogP contribution in [-0.2, 0) is 14.9 Å². The zero-order chi connectivity index (χ0) is 19.4. The number of rotatable bonds is 4. The Hall–Kier alpha value is -2.18. The number of hydrogen-bond acceptors (Lipinski definition) is 3. The molecule has 2 aromatic rings. The summed E-state index contributed by atoms with van der Waals surface area (Å²) in [6.07, 6.45) is 1.24. The highest BCUT2D eigenvalue weighted by atomic mass is 79.9. The van der Waals surface area contributed by atoms with Crippen molar-refractivity contribution >= 4 is 33.4 Å². The maximum Gasteiger partial charge on any atom is 0.253 e. The predicted molar refractivity (Wildman–Crippen MR) is 109 cm³/mol. The van der Waals surface area contributed by atoms with E-state index in [1.165, 1.54) is 4.90 Å². The van der Waals surface area contributed by atoms with Crippen molar-refractivity contribution in [2.24, 2.45) is 0 Å². The number of carbonyl (C=O) groups excluding carboxylic acids is 2. The molecule has 2 amide bonds. The van der Waals surface area contributed by atoms with Gasteiger partial charge < -0.3 is 15.0 Å². The predicted octanol–water partition coefficient (Wildman–Crippen LogP) is 3.84. The molecule has 1 aliphatic rings. The Morgan fingerprint density at radius 2 is 1.74 bits per heavy atom. The van der Waals surface area contributed by atoms with Gasteiger partial charge in [0.05, 0.1) is 5.41 Å². The summed E-state index contributed by atoms with van der Waals surface area (Å²) in [6, 6.07) is 14.9. The van der Waals surface area contributed by atoms with E-state index in [2.05, 4.69) is 21.2 Å². The Labute approximate surface area is 167 Å². The van der Waals surface area contributed by atoms with E-state index in [0.29, 0.717) is 37.3 Å². The summed E-state index contributed by atoms with van der Waals surface area (Å²) in [5, 5.41) is 3.02. The van der Waals surface area contributed by atoms with Crippen molar-refractivity contribution in [3.63, 3.8) is 0 Å². The quantitative estimate of drug-likeness (QED) is 0.801. The van der Waals surface area contributed by atoms with E-state index in [9.17, 15) is 9.59 Å². The molecule has 0 radical (unpaired) electrons. The van der Waals surface area contributed by atoms with Gasteiger partial charge in [-0.15, -0.1) is 0 Å². The third-order valence-corrected chi connectivity index (χ3v) is 5.48. The summed E-state index contributed by atoms with van der Waals surface area (Å²) >= 11 is 3.45. The molecule has 1 fully saturated rings. The van der Waals surface area contributed by atoms with E-state index < -0.39 is 5.41 Å². The minimum atomic E-state index is -0.638. The number of halogens is 1. The van der Waals surface area contributed by atoms with Crippen molar-refractivity contribution in [2.75, 3.05) is 32.6 Å². The molecular weight excluding hydrogens is 408 g/mol. The molecule has 6 heteroatoms. The second kappa shape index (κ2) is 8.23. The SMILES string of the molecule is CN(C)C(=O)c1cccc(NC(=O)C2(c3ccc(Br)cc3)CCOCC2)c1. The summed E-state index contributed by atoms with van der Waals surface area (Å²) in [6.45, 7) is 1.09. The fourth-order valence-electron chi connectivity index (χ4n) is 3.37. The van der Waals surface area contributed by atoms with Gasteiger partial charge in [-0.25, -0.2) is 0 Å². The van der Waals surface area contributed by atoms with E-state index in [4.69, 9.17) is 4.74 Å². The number of benzene rings is 2. The topological polar surface area (TPSA) is 58.6 Å². The van der Waals surface area contributed by atoms with Crippen LogP contribution in [0.1, 0.15) is 28.8 Å². The number of ether oxygens (including phenoxy) is 1. The van der Waals surface area contributed by atoms with Crippen LogP contribution < -0.4 is 5.32 Å². The Bertz CT molecular complexity index is 828. The molecule has 142 valence electrons. The molecule has 0 aliphatic carbocycles. The van der Waals surface area contributed by atoms with E-state index >= 15 is 0 Å².